The van der Waals surface area contributed by atoms with Crippen molar-refractivity contribution in [3.8, 4) is 17.2 Å². The molecule has 1 saturated heterocycles. The van der Waals surface area contributed by atoms with Gasteiger partial charge >= 0.3 is 0 Å². The Morgan fingerprint density at radius 1 is 0.935 bits per heavy atom. The second-order valence-electron chi connectivity index (χ2n) is 11.8. The molecule has 2 aliphatic rings. The topological polar surface area (TPSA) is 109 Å². The van der Waals surface area contributed by atoms with Gasteiger partial charge in [-0.05, 0) is 75.0 Å². The van der Waals surface area contributed by atoms with Crippen LogP contribution in [0.15, 0.2) is 59.5 Å². The smallest absolute Gasteiger partial charge is 0.274 e. The molecular formula is C33H39ClN4O7S. The molecule has 0 N–H and O–H groups in total. The van der Waals surface area contributed by atoms with Gasteiger partial charge in [-0.25, -0.2) is 12.7 Å². The van der Waals surface area contributed by atoms with E-state index in [1.54, 1.807) is 32.3 Å². The SMILES string of the molecule is COc1ccc(S(=O)(=O)N2C(=O)[C@](c3cc(CN(C)C)ccc3OC)(N3CCCC3C(=O)N(C)C)c3cc(Cl)ccc32)c(OC)c1. The van der Waals surface area contributed by atoms with E-state index in [-0.39, 0.29) is 22.2 Å². The van der Waals surface area contributed by atoms with Gasteiger partial charge in [-0.1, -0.05) is 17.7 Å². The molecule has 2 amide bonds. The quantitative estimate of drug-likeness (QED) is 0.317. The van der Waals surface area contributed by atoms with E-state index in [4.69, 9.17) is 25.8 Å². The highest BCUT2D eigenvalue weighted by molar-refractivity contribution is 7.93. The van der Waals surface area contributed by atoms with Crippen molar-refractivity contribution in [2.45, 2.75) is 35.9 Å². The lowest BCUT2D eigenvalue weighted by Gasteiger charge is -2.42. The molecule has 2 aliphatic heterocycles. The van der Waals surface area contributed by atoms with Gasteiger partial charge in [-0.3, -0.25) is 14.5 Å². The van der Waals surface area contributed by atoms with Crippen molar-refractivity contribution in [3.63, 3.8) is 0 Å². The van der Waals surface area contributed by atoms with Crippen LogP contribution in [-0.2, 0) is 31.7 Å². The Morgan fingerprint density at radius 2 is 1.65 bits per heavy atom. The Balaban J connectivity index is 1.88. The molecule has 3 aromatic rings. The molecule has 0 aromatic heterocycles. The molecule has 0 aliphatic carbocycles. The zero-order valence-electron chi connectivity index (χ0n) is 27.0. The summed E-state index contributed by atoms with van der Waals surface area (Å²) in [5, 5.41) is 0.301. The van der Waals surface area contributed by atoms with Gasteiger partial charge in [0.05, 0.1) is 33.1 Å². The standard InChI is InChI=1S/C33H39ClN4O7S/c1-35(2)20-21-10-14-28(44-6)25(17-21)33(37-16-8-9-27(37)31(39)36(3)4)24-18-22(34)11-13-26(24)38(32(33)40)46(41,42)30-15-12-23(43-5)19-29(30)45-7/h10-15,17-19,27H,8-9,16,20H2,1-7H3/t27?,33-/m0/s1. The number of carbonyl (C=O) groups is 2. The molecule has 46 heavy (non-hydrogen) atoms. The fourth-order valence-electron chi connectivity index (χ4n) is 6.59. The molecule has 0 saturated carbocycles. The van der Waals surface area contributed by atoms with E-state index in [1.807, 2.05) is 36.0 Å². The van der Waals surface area contributed by atoms with Gasteiger partial charge < -0.3 is 24.0 Å². The summed E-state index contributed by atoms with van der Waals surface area (Å²) in [5.74, 6) is -0.218. The van der Waals surface area contributed by atoms with Crippen LogP contribution in [0.1, 0.15) is 29.5 Å². The van der Waals surface area contributed by atoms with Crippen LogP contribution < -0.4 is 18.5 Å². The third-order valence-electron chi connectivity index (χ3n) is 8.51. The van der Waals surface area contributed by atoms with Gasteiger partial charge in [0.2, 0.25) is 5.91 Å². The molecule has 246 valence electrons. The molecule has 0 bridgehead atoms. The van der Waals surface area contributed by atoms with Crippen molar-refractivity contribution in [2.75, 3.05) is 60.4 Å². The van der Waals surface area contributed by atoms with Crippen molar-refractivity contribution in [3.05, 3.63) is 76.3 Å². The highest BCUT2D eigenvalue weighted by atomic mass is 35.5. The summed E-state index contributed by atoms with van der Waals surface area (Å²) >= 11 is 6.63. The molecule has 0 spiro atoms. The van der Waals surface area contributed by atoms with E-state index >= 15 is 4.79 Å². The number of sulfonamides is 1. The number of benzene rings is 3. The summed E-state index contributed by atoms with van der Waals surface area (Å²) in [4.78, 5) is 34.3. The van der Waals surface area contributed by atoms with E-state index in [2.05, 4.69) is 0 Å². The Kier molecular flexibility index (Phi) is 9.29. The predicted molar refractivity (Wildman–Crippen MR) is 175 cm³/mol. The van der Waals surface area contributed by atoms with E-state index in [0.29, 0.717) is 53.6 Å². The molecule has 2 atom stereocenters. The number of carbonyl (C=O) groups excluding carboxylic acids is 2. The molecule has 3 aromatic carbocycles. The predicted octanol–water partition coefficient (Wildman–Crippen LogP) is 3.96. The second-order valence-corrected chi connectivity index (χ2v) is 14.0. The molecule has 11 nitrogen and oxygen atoms in total. The number of anilines is 1. The average Bonchev–Trinajstić information content (AvgIpc) is 3.60. The van der Waals surface area contributed by atoms with Crippen LogP contribution in [0.4, 0.5) is 5.69 Å². The first-order chi connectivity index (χ1) is 21.8. The van der Waals surface area contributed by atoms with Gasteiger partial charge in [0.15, 0.2) is 5.54 Å². The summed E-state index contributed by atoms with van der Waals surface area (Å²) in [6.07, 6.45) is 1.08. The van der Waals surface area contributed by atoms with Crippen LogP contribution in [0.3, 0.4) is 0 Å². The summed E-state index contributed by atoms with van der Waals surface area (Å²) in [5.41, 5.74) is -0.0618. The minimum atomic E-state index is -4.60. The number of amides is 2. The molecule has 1 unspecified atom stereocenters. The number of nitrogens with zero attached hydrogens (tertiary/aromatic N) is 4. The Morgan fingerprint density at radius 3 is 2.28 bits per heavy atom. The number of methoxy groups -OCH3 is 3. The van der Waals surface area contributed by atoms with E-state index in [9.17, 15) is 13.2 Å². The van der Waals surface area contributed by atoms with E-state index < -0.39 is 27.5 Å². The lowest BCUT2D eigenvalue weighted by molar-refractivity contribution is -0.138. The summed E-state index contributed by atoms with van der Waals surface area (Å²) in [7, 11) is 6.89. The van der Waals surface area contributed by atoms with Crippen molar-refractivity contribution in [1.29, 1.82) is 0 Å². The first-order valence-corrected chi connectivity index (χ1v) is 16.6. The molecule has 5 rings (SSSR count). The number of hydrogen-bond acceptors (Lipinski definition) is 9. The normalized spacial score (nSPS) is 19.8. The van der Waals surface area contributed by atoms with E-state index in [0.717, 1.165) is 9.87 Å². The monoisotopic (exact) mass is 670 g/mol. The highest BCUT2D eigenvalue weighted by Gasteiger charge is 2.63. The fraction of sp³-hybridized carbons (Fsp3) is 0.394. The summed E-state index contributed by atoms with van der Waals surface area (Å²) < 4.78 is 46.9. The number of fused-ring (bicyclic) bond motifs is 1. The second kappa shape index (κ2) is 12.7. The van der Waals surface area contributed by atoms with Crippen LogP contribution in [0.5, 0.6) is 17.2 Å². The zero-order valence-corrected chi connectivity index (χ0v) is 28.6. The van der Waals surface area contributed by atoms with Crippen LogP contribution in [-0.4, -0.2) is 97.0 Å². The number of rotatable bonds is 10. The lowest BCUT2D eigenvalue weighted by atomic mass is 9.80. The van der Waals surface area contributed by atoms with Crippen molar-refractivity contribution in [1.82, 2.24) is 14.7 Å². The zero-order chi connectivity index (χ0) is 33.6. The van der Waals surface area contributed by atoms with Crippen molar-refractivity contribution in [2.24, 2.45) is 0 Å². The lowest BCUT2D eigenvalue weighted by Crippen LogP contribution is -2.59. The third-order valence-corrected chi connectivity index (χ3v) is 10.5. The fourth-order valence-corrected chi connectivity index (χ4v) is 8.36. The Labute approximate surface area is 275 Å². The third kappa shape index (κ3) is 5.36. The van der Waals surface area contributed by atoms with Crippen molar-refractivity contribution >= 4 is 39.1 Å². The molecule has 0 radical (unpaired) electrons. The molecule has 2 heterocycles. The molecular weight excluding hydrogens is 632 g/mol. The van der Waals surface area contributed by atoms with Gasteiger partial charge in [-0.15, -0.1) is 0 Å². The first-order valence-electron chi connectivity index (χ1n) is 14.7. The van der Waals surface area contributed by atoms with E-state index in [1.165, 1.54) is 50.5 Å². The number of halogens is 1. The van der Waals surface area contributed by atoms with Crippen LogP contribution in [0, 0.1) is 0 Å². The van der Waals surface area contributed by atoms with Crippen LogP contribution in [0.25, 0.3) is 0 Å². The Bertz CT molecular complexity index is 1780. The number of hydrogen-bond donors (Lipinski definition) is 0. The summed E-state index contributed by atoms with van der Waals surface area (Å²) in [6, 6.07) is 13.8. The minimum absolute atomic E-state index is 0.00700. The Hall–Kier alpha value is -3.84. The average molecular weight is 671 g/mol. The van der Waals surface area contributed by atoms with Crippen LogP contribution >= 0.6 is 11.6 Å². The van der Waals surface area contributed by atoms with Gasteiger partial charge in [0.1, 0.15) is 22.1 Å². The number of ether oxygens (including phenoxy) is 3. The van der Waals surface area contributed by atoms with Gasteiger partial charge in [0.25, 0.3) is 15.9 Å². The molecule has 13 heteroatoms. The minimum Gasteiger partial charge on any atom is -0.497 e. The first kappa shape index (κ1) is 33.5. The summed E-state index contributed by atoms with van der Waals surface area (Å²) in [6.45, 7) is 0.873. The highest BCUT2D eigenvalue weighted by Crippen LogP contribution is 2.55. The molecule has 1 fully saturated rings. The van der Waals surface area contributed by atoms with Gasteiger partial charge in [0, 0.05) is 49.4 Å². The van der Waals surface area contributed by atoms with Gasteiger partial charge in [-0.2, -0.15) is 0 Å². The van der Waals surface area contributed by atoms with Crippen LogP contribution in [0.2, 0.25) is 5.02 Å². The number of likely N-dealkylation sites (N-methyl/N-ethyl adjacent to an activating group) is 1. The maximum Gasteiger partial charge on any atom is 0.274 e. The number of likely N-dealkylation sites (tertiary alicyclic amines) is 1. The maximum atomic E-state index is 15.5. The largest absolute Gasteiger partial charge is 0.497 e. The van der Waals surface area contributed by atoms with Crippen molar-refractivity contribution < 1.29 is 32.2 Å². The maximum absolute atomic E-state index is 15.5.